The van der Waals surface area contributed by atoms with E-state index in [4.69, 9.17) is 0 Å². The second-order valence-electron chi connectivity index (χ2n) is 7.20. The minimum Gasteiger partial charge on any atom is -0.253 e. The lowest BCUT2D eigenvalue weighted by molar-refractivity contribution is 0.539. The molecule has 0 N–H and O–H groups in total. The monoisotopic (exact) mass is 350 g/mol. The van der Waals surface area contributed by atoms with Crippen molar-refractivity contribution in [3.05, 3.63) is 48.4 Å². The molecule has 26 heavy (non-hydrogen) atoms. The zero-order chi connectivity index (χ0) is 18.1. The summed E-state index contributed by atoms with van der Waals surface area (Å²) in [5.41, 5.74) is 2.48. The number of hydrogen-bond donors (Lipinski definition) is 0. The first-order valence-electron chi connectivity index (χ1n) is 8.17. The highest BCUT2D eigenvalue weighted by Gasteiger charge is 2.22. The van der Waals surface area contributed by atoms with Gasteiger partial charge in [-0.3, -0.25) is 4.40 Å². The lowest BCUT2D eigenvalue weighted by Gasteiger charge is -2.12. The molecule has 1 aromatic carbocycles. The Bertz CT molecular complexity index is 1290. The van der Waals surface area contributed by atoms with Crippen LogP contribution in [0, 0.1) is 6.08 Å². The fourth-order valence-corrected chi connectivity index (χ4v) is 3.07. The van der Waals surface area contributed by atoms with E-state index < -0.39 is 6.08 Å². The van der Waals surface area contributed by atoms with Crippen molar-refractivity contribution in [2.75, 3.05) is 0 Å². The van der Waals surface area contributed by atoms with Crippen LogP contribution in [0.4, 0.5) is 4.39 Å². The molecule has 0 aliphatic heterocycles. The molecule has 0 unspecified atom stereocenters. The highest BCUT2D eigenvalue weighted by molar-refractivity contribution is 5.94. The Kier molecular flexibility index (Phi) is 2.78. The number of halogens is 1. The molecule has 4 heterocycles. The number of nitrogens with zero attached hydrogens (tertiary/aromatic N) is 8. The van der Waals surface area contributed by atoms with Gasteiger partial charge in [0.25, 0.3) is 12.0 Å². The van der Waals surface area contributed by atoms with E-state index >= 15 is 0 Å². The van der Waals surface area contributed by atoms with E-state index in [-0.39, 0.29) is 5.41 Å². The topological polar surface area (TPSA) is 78.2 Å². The lowest BCUT2D eigenvalue weighted by Crippen LogP contribution is -2.11. The maximum absolute atomic E-state index is 14.4. The van der Waals surface area contributed by atoms with Gasteiger partial charge < -0.3 is 0 Å². The van der Waals surface area contributed by atoms with E-state index in [2.05, 4.69) is 46.3 Å². The average Bonchev–Trinajstić information content (AvgIpc) is 3.31. The van der Waals surface area contributed by atoms with Gasteiger partial charge in [0.1, 0.15) is 5.65 Å². The van der Waals surface area contributed by atoms with Crippen molar-refractivity contribution < 1.29 is 4.39 Å². The molecule has 0 saturated heterocycles. The summed E-state index contributed by atoms with van der Waals surface area (Å²) < 4.78 is 19.1. The third-order valence-corrected chi connectivity index (χ3v) is 4.43. The zero-order valence-corrected chi connectivity index (χ0v) is 14.4. The number of aromatic nitrogens is 8. The van der Waals surface area contributed by atoms with Crippen molar-refractivity contribution in [1.82, 2.24) is 39.0 Å². The molecule has 0 fully saturated rings. The fourth-order valence-electron chi connectivity index (χ4n) is 3.07. The van der Waals surface area contributed by atoms with Crippen LogP contribution in [0.15, 0.2) is 36.7 Å². The van der Waals surface area contributed by atoms with Gasteiger partial charge in [-0.2, -0.15) is 9.07 Å². The van der Waals surface area contributed by atoms with Crippen molar-refractivity contribution in [3.8, 4) is 5.95 Å². The quantitative estimate of drug-likeness (QED) is 0.464. The van der Waals surface area contributed by atoms with Gasteiger partial charge in [0.05, 0.1) is 23.6 Å². The Morgan fingerprint density at radius 2 is 1.81 bits per heavy atom. The van der Waals surface area contributed by atoms with Crippen LogP contribution in [0.3, 0.4) is 0 Å². The van der Waals surface area contributed by atoms with Crippen LogP contribution in [-0.4, -0.2) is 39.0 Å². The number of rotatable bonds is 1. The van der Waals surface area contributed by atoms with Crippen LogP contribution in [-0.2, 0) is 5.41 Å². The highest BCUT2D eigenvalue weighted by Crippen LogP contribution is 2.25. The van der Waals surface area contributed by atoms with Gasteiger partial charge in [-0.25, -0.2) is 9.38 Å². The molecule has 130 valence electrons. The van der Waals surface area contributed by atoms with Gasteiger partial charge in [0, 0.05) is 10.8 Å². The predicted octanol–water partition coefficient (Wildman–Crippen LogP) is 2.55. The van der Waals surface area contributed by atoms with Gasteiger partial charge in [-0.1, -0.05) is 38.1 Å². The number of benzene rings is 1. The summed E-state index contributed by atoms with van der Waals surface area (Å²) in [5.74, 6) is 0.429. The second kappa shape index (κ2) is 4.84. The Morgan fingerprint density at radius 3 is 2.58 bits per heavy atom. The van der Waals surface area contributed by atoms with Crippen LogP contribution in [0.2, 0.25) is 0 Å². The molecular formula is C17H15FN8. The minimum atomic E-state index is -0.591. The maximum Gasteiger partial charge on any atom is 0.295 e. The largest absolute Gasteiger partial charge is 0.295 e. The molecule has 0 bridgehead atoms. The molecule has 0 saturated carbocycles. The number of fused-ring (bicyclic) bond motifs is 6. The van der Waals surface area contributed by atoms with Gasteiger partial charge in [0.15, 0.2) is 5.65 Å². The average molecular weight is 350 g/mol. The maximum atomic E-state index is 14.4. The Morgan fingerprint density at radius 1 is 1.00 bits per heavy atom. The Hall–Kier alpha value is -3.36. The zero-order valence-electron chi connectivity index (χ0n) is 14.4. The second-order valence-corrected chi connectivity index (χ2v) is 7.20. The Balaban J connectivity index is 1.90. The van der Waals surface area contributed by atoms with E-state index in [1.165, 1.54) is 10.6 Å². The van der Waals surface area contributed by atoms with Crippen molar-refractivity contribution in [1.29, 1.82) is 0 Å². The normalized spacial score (nSPS) is 12.6. The molecule has 0 radical (unpaired) electrons. The first-order valence-corrected chi connectivity index (χ1v) is 8.17. The van der Waals surface area contributed by atoms with Gasteiger partial charge >= 0.3 is 0 Å². The summed E-state index contributed by atoms with van der Waals surface area (Å²) in [6.45, 7) is 6.17. The molecule has 8 nitrogen and oxygen atoms in total. The van der Waals surface area contributed by atoms with Gasteiger partial charge in [-0.05, 0) is 12.1 Å². The third kappa shape index (κ3) is 1.91. The summed E-state index contributed by atoms with van der Waals surface area (Å²) in [4.78, 5) is 3.83. The number of hydrogen-bond acceptors (Lipinski definition) is 5. The van der Waals surface area contributed by atoms with Crippen LogP contribution in [0.1, 0.15) is 26.5 Å². The van der Waals surface area contributed by atoms with Crippen LogP contribution in [0.5, 0.6) is 0 Å². The molecule has 4 aromatic heterocycles. The third-order valence-electron chi connectivity index (χ3n) is 4.43. The van der Waals surface area contributed by atoms with E-state index in [9.17, 15) is 4.39 Å². The molecule has 0 aliphatic carbocycles. The van der Waals surface area contributed by atoms with Crippen LogP contribution >= 0.6 is 0 Å². The summed E-state index contributed by atoms with van der Waals surface area (Å²) in [6, 6.07) is 7.44. The van der Waals surface area contributed by atoms with Gasteiger partial charge in [-0.15, -0.1) is 15.3 Å². The number of para-hydroxylation sites is 1. The Labute approximate surface area is 146 Å². The molecule has 0 amide bonds. The van der Waals surface area contributed by atoms with Crippen LogP contribution < -0.4 is 0 Å². The minimum absolute atomic E-state index is 0.149. The molecule has 0 aliphatic rings. The van der Waals surface area contributed by atoms with Crippen LogP contribution in [0.25, 0.3) is 28.1 Å². The van der Waals surface area contributed by atoms with Crippen molar-refractivity contribution in [3.63, 3.8) is 0 Å². The van der Waals surface area contributed by atoms with E-state index in [0.717, 1.165) is 11.1 Å². The SMILES string of the molecule is CC(C)(C)c1cn(-c2nnc3c4ccccc4n4c(F)ncc4n23)nn1. The van der Waals surface area contributed by atoms with E-state index in [1.54, 1.807) is 9.08 Å². The lowest BCUT2D eigenvalue weighted by atomic mass is 9.93. The smallest absolute Gasteiger partial charge is 0.253 e. The fraction of sp³-hybridized carbons (Fsp3) is 0.235. The number of imidazole rings is 1. The summed E-state index contributed by atoms with van der Waals surface area (Å²) in [5, 5.41) is 17.8. The van der Waals surface area contributed by atoms with Crippen molar-refractivity contribution in [2.45, 2.75) is 26.2 Å². The van der Waals surface area contributed by atoms with E-state index in [1.807, 2.05) is 30.5 Å². The standard InChI is InChI=1S/C17H15FN8/c1-17(2,3)12-9-24(23-20-12)16-22-21-14-10-6-4-5-7-11(10)25-13(26(14)16)8-19-15(25)18/h4-9H,1-3H3. The molecule has 9 heteroatoms. The summed E-state index contributed by atoms with van der Waals surface area (Å²) in [6.07, 6.45) is 2.68. The van der Waals surface area contributed by atoms with Crippen molar-refractivity contribution in [2.24, 2.45) is 0 Å². The van der Waals surface area contributed by atoms with E-state index in [0.29, 0.717) is 22.8 Å². The molecule has 5 aromatic rings. The highest BCUT2D eigenvalue weighted by atomic mass is 19.1. The predicted molar refractivity (Wildman–Crippen MR) is 92.8 cm³/mol. The van der Waals surface area contributed by atoms with Crippen molar-refractivity contribution >= 4 is 22.2 Å². The summed E-state index contributed by atoms with van der Waals surface area (Å²) >= 11 is 0. The molecule has 0 atom stereocenters. The molecule has 5 rings (SSSR count). The summed E-state index contributed by atoms with van der Waals surface area (Å²) in [7, 11) is 0. The molecule has 0 spiro atoms. The first-order chi connectivity index (χ1) is 12.4. The van der Waals surface area contributed by atoms with Gasteiger partial charge in [0.2, 0.25) is 0 Å². The first kappa shape index (κ1) is 14.9. The molecular weight excluding hydrogens is 335 g/mol.